The molecule has 0 aliphatic rings. The Hall–Kier alpha value is -1.62. The molecule has 0 amide bonds. The molecule has 0 atom stereocenters. The largest absolute Gasteiger partial charge is 0.497 e. The molecule has 0 bridgehead atoms. The van der Waals surface area contributed by atoms with Gasteiger partial charge in [-0.1, -0.05) is 56.3 Å². The minimum atomic E-state index is -2.16. The third-order valence-corrected chi connectivity index (χ3v) is 7.58. The maximum absolute atomic E-state index is 6.29. The molecule has 0 spiro atoms. The number of rotatable bonds is 9. The van der Waals surface area contributed by atoms with Crippen LogP contribution in [0, 0.1) is 0 Å². The van der Waals surface area contributed by atoms with Crippen LogP contribution in [-0.4, -0.2) is 15.7 Å². The lowest BCUT2D eigenvalue weighted by Gasteiger charge is -2.29. The zero-order valence-corrected chi connectivity index (χ0v) is 15.2. The van der Waals surface area contributed by atoms with Gasteiger partial charge in [0.15, 0.2) is 0 Å². The molecule has 23 heavy (non-hydrogen) atoms. The van der Waals surface area contributed by atoms with E-state index in [1.54, 1.807) is 7.11 Å². The molecule has 124 valence electrons. The van der Waals surface area contributed by atoms with Crippen molar-refractivity contribution in [3.63, 3.8) is 0 Å². The van der Waals surface area contributed by atoms with Gasteiger partial charge in [0, 0.05) is 0 Å². The van der Waals surface area contributed by atoms with E-state index in [0.29, 0.717) is 13.2 Å². The molecule has 0 fully saturated rings. The van der Waals surface area contributed by atoms with Crippen LogP contribution < -0.4 is 4.74 Å². The van der Waals surface area contributed by atoms with Crippen molar-refractivity contribution in [2.45, 2.75) is 39.1 Å². The molecule has 0 aromatic heterocycles. The van der Waals surface area contributed by atoms with E-state index in [0.717, 1.165) is 23.4 Å². The van der Waals surface area contributed by atoms with E-state index in [9.17, 15) is 0 Å². The van der Waals surface area contributed by atoms with Gasteiger partial charge in [0.05, 0.1) is 20.3 Å². The van der Waals surface area contributed by atoms with E-state index in [4.69, 9.17) is 13.6 Å². The molecule has 0 saturated carbocycles. The van der Waals surface area contributed by atoms with E-state index >= 15 is 0 Å². The molecule has 0 unspecified atom stereocenters. The van der Waals surface area contributed by atoms with Crippen LogP contribution in [-0.2, 0) is 22.1 Å². The summed E-state index contributed by atoms with van der Waals surface area (Å²) in [5, 5.41) is 0. The Kier molecular flexibility index (Phi) is 6.83. The molecule has 0 aliphatic carbocycles. The first-order valence-corrected chi connectivity index (χ1v) is 10.4. The highest BCUT2D eigenvalue weighted by Crippen LogP contribution is 2.23. The SMILES string of the molecule is CC[Si](CC)(OCc1ccccc1)OCc1ccc(OC)cc1. The molecular formula is C19H26O3Si. The van der Waals surface area contributed by atoms with Gasteiger partial charge in [0.25, 0.3) is 0 Å². The maximum atomic E-state index is 6.29. The lowest BCUT2D eigenvalue weighted by atomic mass is 10.2. The van der Waals surface area contributed by atoms with Gasteiger partial charge in [0.2, 0.25) is 0 Å². The molecule has 0 saturated heterocycles. The summed E-state index contributed by atoms with van der Waals surface area (Å²) in [5.41, 5.74) is 2.34. The molecular weight excluding hydrogens is 304 g/mol. The number of hydrogen-bond donors (Lipinski definition) is 0. The number of ether oxygens (including phenoxy) is 1. The number of benzene rings is 2. The van der Waals surface area contributed by atoms with E-state index in [1.165, 1.54) is 5.56 Å². The molecule has 0 radical (unpaired) electrons. The van der Waals surface area contributed by atoms with Gasteiger partial charge in [-0.25, -0.2) is 0 Å². The summed E-state index contributed by atoms with van der Waals surface area (Å²) in [6.07, 6.45) is 0. The number of methoxy groups -OCH3 is 1. The fraction of sp³-hybridized carbons (Fsp3) is 0.368. The fourth-order valence-electron chi connectivity index (χ4n) is 2.43. The van der Waals surface area contributed by atoms with Gasteiger partial charge < -0.3 is 13.6 Å². The highest BCUT2D eigenvalue weighted by Gasteiger charge is 2.33. The summed E-state index contributed by atoms with van der Waals surface area (Å²) in [6, 6.07) is 20.2. The Morgan fingerprint density at radius 3 is 1.74 bits per heavy atom. The van der Waals surface area contributed by atoms with Crippen molar-refractivity contribution < 1.29 is 13.6 Å². The predicted molar refractivity (Wildman–Crippen MR) is 95.7 cm³/mol. The summed E-state index contributed by atoms with van der Waals surface area (Å²) in [5.74, 6) is 0.864. The highest BCUT2D eigenvalue weighted by molar-refractivity contribution is 6.67. The molecule has 2 rings (SSSR count). The quantitative estimate of drug-likeness (QED) is 0.611. The maximum Gasteiger partial charge on any atom is 0.338 e. The Balaban J connectivity index is 1.95. The van der Waals surface area contributed by atoms with Crippen LogP contribution in [0.4, 0.5) is 0 Å². The Labute approximate surface area is 140 Å². The first-order chi connectivity index (χ1) is 11.2. The predicted octanol–water partition coefficient (Wildman–Crippen LogP) is 4.91. The van der Waals surface area contributed by atoms with E-state index in [2.05, 4.69) is 26.0 Å². The van der Waals surface area contributed by atoms with Crippen molar-refractivity contribution in [1.82, 2.24) is 0 Å². The lowest BCUT2D eigenvalue weighted by molar-refractivity contribution is 0.154. The second-order valence-electron chi connectivity index (χ2n) is 5.53. The van der Waals surface area contributed by atoms with Gasteiger partial charge >= 0.3 is 8.56 Å². The van der Waals surface area contributed by atoms with Crippen LogP contribution in [0.2, 0.25) is 12.1 Å². The summed E-state index contributed by atoms with van der Waals surface area (Å²) in [7, 11) is -0.487. The topological polar surface area (TPSA) is 27.7 Å². The second-order valence-corrected chi connectivity index (χ2v) is 9.34. The fourth-order valence-corrected chi connectivity index (χ4v) is 4.68. The molecule has 0 heterocycles. The molecule has 0 aliphatic heterocycles. The van der Waals surface area contributed by atoms with Crippen LogP contribution in [0.3, 0.4) is 0 Å². The third kappa shape index (κ3) is 5.20. The van der Waals surface area contributed by atoms with Crippen molar-refractivity contribution in [2.24, 2.45) is 0 Å². The van der Waals surface area contributed by atoms with Crippen molar-refractivity contribution >= 4 is 8.56 Å². The molecule has 2 aromatic rings. The molecule has 4 heteroatoms. The molecule has 2 aromatic carbocycles. The van der Waals surface area contributed by atoms with Crippen LogP contribution in [0.5, 0.6) is 5.75 Å². The zero-order chi connectivity index (χ0) is 16.5. The summed E-state index contributed by atoms with van der Waals surface area (Å²) in [4.78, 5) is 0. The highest BCUT2D eigenvalue weighted by atomic mass is 28.4. The average Bonchev–Trinajstić information content (AvgIpc) is 2.64. The van der Waals surface area contributed by atoms with Crippen LogP contribution in [0.25, 0.3) is 0 Å². The monoisotopic (exact) mass is 330 g/mol. The summed E-state index contributed by atoms with van der Waals surface area (Å²) >= 11 is 0. The Bertz CT molecular complexity index is 565. The van der Waals surface area contributed by atoms with Crippen LogP contribution in [0.1, 0.15) is 25.0 Å². The zero-order valence-electron chi connectivity index (χ0n) is 14.2. The molecule has 0 N–H and O–H groups in total. The third-order valence-electron chi connectivity index (χ3n) is 4.08. The molecule has 3 nitrogen and oxygen atoms in total. The van der Waals surface area contributed by atoms with Crippen molar-refractivity contribution in [3.8, 4) is 5.75 Å². The Morgan fingerprint density at radius 2 is 1.26 bits per heavy atom. The Morgan fingerprint density at radius 1 is 0.739 bits per heavy atom. The van der Waals surface area contributed by atoms with Crippen molar-refractivity contribution in [1.29, 1.82) is 0 Å². The normalized spacial score (nSPS) is 11.4. The van der Waals surface area contributed by atoms with E-state index in [1.807, 2.05) is 42.5 Å². The standard InChI is InChI=1S/C19H26O3Si/c1-4-23(5-2,21-15-17-9-7-6-8-10-17)22-16-18-11-13-19(20-3)14-12-18/h6-14H,4-5,15-16H2,1-3H3. The summed E-state index contributed by atoms with van der Waals surface area (Å²) in [6.45, 7) is 5.54. The number of hydrogen-bond acceptors (Lipinski definition) is 3. The van der Waals surface area contributed by atoms with Gasteiger partial charge in [-0.2, -0.15) is 0 Å². The lowest BCUT2D eigenvalue weighted by Crippen LogP contribution is -2.40. The average molecular weight is 331 g/mol. The van der Waals surface area contributed by atoms with Crippen molar-refractivity contribution in [2.75, 3.05) is 7.11 Å². The minimum absolute atomic E-state index is 0.590. The van der Waals surface area contributed by atoms with Crippen LogP contribution in [0.15, 0.2) is 54.6 Å². The minimum Gasteiger partial charge on any atom is -0.497 e. The summed E-state index contributed by atoms with van der Waals surface area (Å²) < 4.78 is 17.7. The van der Waals surface area contributed by atoms with E-state index in [-0.39, 0.29) is 0 Å². The first kappa shape index (κ1) is 17.7. The van der Waals surface area contributed by atoms with Gasteiger partial charge in [-0.05, 0) is 35.3 Å². The first-order valence-electron chi connectivity index (χ1n) is 8.16. The smallest absolute Gasteiger partial charge is 0.338 e. The van der Waals surface area contributed by atoms with Crippen LogP contribution >= 0.6 is 0 Å². The van der Waals surface area contributed by atoms with Gasteiger partial charge in [-0.15, -0.1) is 0 Å². The second kappa shape index (κ2) is 8.87. The van der Waals surface area contributed by atoms with Gasteiger partial charge in [-0.3, -0.25) is 0 Å². The van der Waals surface area contributed by atoms with E-state index < -0.39 is 8.56 Å². The van der Waals surface area contributed by atoms with Gasteiger partial charge in [0.1, 0.15) is 5.75 Å². The van der Waals surface area contributed by atoms with Crippen molar-refractivity contribution in [3.05, 3.63) is 65.7 Å².